The summed E-state index contributed by atoms with van der Waals surface area (Å²) in [4.78, 5) is 24.0. The molecule has 0 bridgehead atoms. The van der Waals surface area contributed by atoms with Crippen LogP contribution in [0.1, 0.15) is 16.8 Å². The van der Waals surface area contributed by atoms with Gasteiger partial charge in [0.05, 0.1) is 23.0 Å². The number of aromatic nitrogens is 3. The fourth-order valence-electron chi connectivity index (χ4n) is 3.31. The van der Waals surface area contributed by atoms with Crippen LogP contribution in [0.3, 0.4) is 0 Å². The van der Waals surface area contributed by atoms with Crippen LogP contribution < -0.4 is 9.64 Å². The average molecular weight is 471 g/mol. The molecule has 0 saturated heterocycles. The largest absolute Gasteiger partial charge is 0.494 e. The van der Waals surface area contributed by atoms with E-state index in [0.717, 1.165) is 11.0 Å². The standard InChI is InChI=1S/C22H22N4O4S2/c1-30-18-5-3-6-19-20(18)24-22(31-19)26(13-4-12-25-14-11-23-15-25)21(27)16-7-9-17(10-8-16)32(2,28)29/h3,5-11,14-15H,4,12-13H2,1-2H3. The first-order chi connectivity index (χ1) is 15.4. The predicted octanol–water partition coefficient (Wildman–Crippen LogP) is 3.64. The number of fused-ring (bicyclic) bond motifs is 1. The number of anilines is 1. The van der Waals surface area contributed by atoms with E-state index in [1.165, 1.54) is 35.6 Å². The van der Waals surface area contributed by atoms with Gasteiger partial charge in [-0.15, -0.1) is 0 Å². The summed E-state index contributed by atoms with van der Waals surface area (Å²) in [5, 5.41) is 0.562. The van der Waals surface area contributed by atoms with Crippen molar-refractivity contribution in [3.63, 3.8) is 0 Å². The summed E-state index contributed by atoms with van der Waals surface area (Å²) in [6.07, 6.45) is 7.15. The Labute approximate surface area is 190 Å². The number of benzene rings is 2. The number of aryl methyl sites for hydroxylation is 1. The van der Waals surface area contributed by atoms with Gasteiger partial charge in [-0.2, -0.15) is 0 Å². The summed E-state index contributed by atoms with van der Waals surface area (Å²) in [5.74, 6) is 0.405. The first kappa shape index (κ1) is 22.0. The van der Waals surface area contributed by atoms with Gasteiger partial charge in [0.25, 0.3) is 5.91 Å². The SMILES string of the molecule is COc1cccc2sc(N(CCCn3ccnc3)C(=O)c3ccc(S(C)(=O)=O)cc3)nc12. The van der Waals surface area contributed by atoms with Crippen LogP contribution in [0.15, 0.2) is 66.1 Å². The predicted molar refractivity (Wildman–Crippen MR) is 124 cm³/mol. The van der Waals surface area contributed by atoms with Crippen LogP contribution in [0.25, 0.3) is 10.2 Å². The zero-order chi connectivity index (χ0) is 22.7. The zero-order valence-corrected chi connectivity index (χ0v) is 19.3. The van der Waals surface area contributed by atoms with Crippen LogP contribution in [-0.2, 0) is 16.4 Å². The van der Waals surface area contributed by atoms with Crippen LogP contribution in [0.5, 0.6) is 5.75 Å². The smallest absolute Gasteiger partial charge is 0.260 e. The molecule has 4 rings (SSSR count). The van der Waals surface area contributed by atoms with Crippen molar-refractivity contribution in [3.8, 4) is 5.75 Å². The van der Waals surface area contributed by atoms with Gasteiger partial charge in [-0.1, -0.05) is 17.4 Å². The molecule has 0 saturated carbocycles. The monoisotopic (exact) mass is 470 g/mol. The Hall–Kier alpha value is -3.24. The van der Waals surface area contributed by atoms with Gasteiger partial charge in [0.15, 0.2) is 15.0 Å². The van der Waals surface area contributed by atoms with Crippen molar-refractivity contribution in [2.45, 2.75) is 17.9 Å². The number of nitrogens with zero attached hydrogens (tertiary/aromatic N) is 4. The van der Waals surface area contributed by atoms with Gasteiger partial charge >= 0.3 is 0 Å². The van der Waals surface area contributed by atoms with Gasteiger partial charge in [0.1, 0.15) is 11.3 Å². The summed E-state index contributed by atoms with van der Waals surface area (Å²) in [6.45, 7) is 1.14. The van der Waals surface area contributed by atoms with E-state index in [1.807, 2.05) is 29.0 Å². The van der Waals surface area contributed by atoms with Gasteiger partial charge in [-0.3, -0.25) is 9.69 Å². The summed E-state index contributed by atoms with van der Waals surface area (Å²) in [7, 11) is -1.75. The molecule has 1 amide bonds. The highest BCUT2D eigenvalue weighted by Gasteiger charge is 2.22. The molecule has 2 heterocycles. The van der Waals surface area contributed by atoms with Crippen LogP contribution in [0.4, 0.5) is 5.13 Å². The molecule has 166 valence electrons. The minimum absolute atomic E-state index is 0.172. The number of carbonyl (C=O) groups excluding carboxylic acids is 1. The van der Waals surface area contributed by atoms with E-state index in [0.29, 0.717) is 41.5 Å². The molecule has 0 N–H and O–H groups in total. The average Bonchev–Trinajstić information content (AvgIpc) is 3.45. The van der Waals surface area contributed by atoms with Gasteiger partial charge < -0.3 is 9.30 Å². The maximum Gasteiger partial charge on any atom is 0.260 e. The number of hydrogen-bond donors (Lipinski definition) is 0. The number of para-hydroxylation sites is 1. The van der Waals surface area contributed by atoms with Crippen LogP contribution in [0, 0.1) is 0 Å². The third-order valence-corrected chi connectivity index (χ3v) is 7.13. The molecule has 0 unspecified atom stereocenters. The third kappa shape index (κ3) is 4.66. The number of carbonyl (C=O) groups is 1. The van der Waals surface area contributed by atoms with E-state index in [9.17, 15) is 13.2 Å². The molecule has 32 heavy (non-hydrogen) atoms. The quantitative estimate of drug-likeness (QED) is 0.390. The second-order valence-corrected chi connectivity index (χ2v) is 10.2. The Morgan fingerprint density at radius 3 is 2.62 bits per heavy atom. The van der Waals surface area contributed by atoms with Gasteiger partial charge in [-0.25, -0.2) is 18.4 Å². The lowest BCUT2D eigenvalue weighted by atomic mass is 10.2. The lowest BCUT2D eigenvalue weighted by Gasteiger charge is -2.20. The number of sulfone groups is 1. The van der Waals surface area contributed by atoms with E-state index in [-0.39, 0.29) is 10.8 Å². The van der Waals surface area contributed by atoms with Gasteiger partial charge in [0.2, 0.25) is 0 Å². The first-order valence-electron chi connectivity index (χ1n) is 9.88. The summed E-state index contributed by atoms with van der Waals surface area (Å²) in [5.41, 5.74) is 1.10. The minimum atomic E-state index is -3.34. The van der Waals surface area contributed by atoms with Gasteiger partial charge in [-0.05, 0) is 42.8 Å². The van der Waals surface area contributed by atoms with E-state index >= 15 is 0 Å². The number of thiazole rings is 1. The number of amides is 1. The molecule has 0 radical (unpaired) electrons. The van der Waals surface area contributed by atoms with Crippen molar-refractivity contribution < 1.29 is 17.9 Å². The van der Waals surface area contributed by atoms with E-state index in [4.69, 9.17) is 4.74 Å². The highest BCUT2D eigenvalue weighted by molar-refractivity contribution is 7.90. The number of imidazole rings is 1. The maximum atomic E-state index is 13.4. The molecular formula is C22H22N4O4S2. The highest BCUT2D eigenvalue weighted by Crippen LogP contribution is 2.34. The second kappa shape index (κ2) is 9.09. The van der Waals surface area contributed by atoms with E-state index in [1.54, 1.807) is 24.5 Å². The molecule has 0 fully saturated rings. The number of rotatable bonds is 8. The van der Waals surface area contributed by atoms with Crippen molar-refractivity contribution in [1.29, 1.82) is 0 Å². The Morgan fingerprint density at radius 2 is 1.97 bits per heavy atom. The van der Waals surface area contributed by atoms with Crippen molar-refractivity contribution in [2.24, 2.45) is 0 Å². The molecule has 0 spiro atoms. The van der Waals surface area contributed by atoms with Crippen molar-refractivity contribution in [3.05, 3.63) is 66.7 Å². The summed E-state index contributed by atoms with van der Waals surface area (Å²) < 4.78 is 31.8. The molecule has 8 nitrogen and oxygen atoms in total. The van der Waals surface area contributed by atoms with Gasteiger partial charge in [0, 0.05) is 37.3 Å². The molecule has 2 aromatic heterocycles. The van der Waals surface area contributed by atoms with Crippen LogP contribution >= 0.6 is 11.3 Å². The molecule has 0 aliphatic heterocycles. The van der Waals surface area contributed by atoms with E-state index in [2.05, 4.69) is 9.97 Å². The lowest BCUT2D eigenvalue weighted by Crippen LogP contribution is -2.32. The summed E-state index contributed by atoms with van der Waals surface area (Å²) in [6, 6.07) is 11.6. The Bertz CT molecular complexity index is 1330. The normalized spacial score (nSPS) is 11.6. The topological polar surface area (TPSA) is 94.4 Å². The molecular weight excluding hydrogens is 448 g/mol. The molecule has 0 atom stereocenters. The molecule has 0 aliphatic rings. The highest BCUT2D eigenvalue weighted by atomic mass is 32.2. The third-order valence-electron chi connectivity index (χ3n) is 4.95. The Kier molecular flexibility index (Phi) is 6.24. The maximum absolute atomic E-state index is 13.4. The number of ether oxygens (including phenoxy) is 1. The van der Waals surface area contributed by atoms with Crippen molar-refractivity contribution >= 4 is 42.4 Å². The number of methoxy groups -OCH3 is 1. The lowest BCUT2D eigenvalue weighted by molar-refractivity contribution is 0.0986. The molecule has 0 aliphatic carbocycles. The Morgan fingerprint density at radius 1 is 1.19 bits per heavy atom. The van der Waals surface area contributed by atoms with Crippen LogP contribution in [0.2, 0.25) is 0 Å². The Balaban J connectivity index is 1.66. The number of hydrogen-bond acceptors (Lipinski definition) is 7. The molecule has 2 aromatic carbocycles. The molecule has 10 heteroatoms. The fraction of sp³-hybridized carbons (Fsp3) is 0.227. The second-order valence-electron chi connectivity index (χ2n) is 7.21. The zero-order valence-electron chi connectivity index (χ0n) is 17.6. The minimum Gasteiger partial charge on any atom is -0.494 e. The summed E-state index contributed by atoms with van der Waals surface area (Å²) >= 11 is 1.41. The molecule has 4 aromatic rings. The van der Waals surface area contributed by atoms with Crippen molar-refractivity contribution in [2.75, 3.05) is 24.8 Å². The van der Waals surface area contributed by atoms with Crippen LogP contribution in [-0.4, -0.2) is 48.8 Å². The first-order valence-corrected chi connectivity index (χ1v) is 12.6. The fourth-order valence-corrected chi connectivity index (χ4v) is 4.94. The van der Waals surface area contributed by atoms with Crippen molar-refractivity contribution in [1.82, 2.24) is 14.5 Å². The van der Waals surface area contributed by atoms with E-state index < -0.39 is 9.84 Å².